The van der Waals surface area contributed by atoms with Crippen LogP contribution in [0.3, 0.4) is 0 Å². The Hall–Kier alpha value is -2.79. The smallest absolute Gasteiger partial charge is 0.414 e. The number of Topliss-reactive ketones (excluding diaryl/α,β-unsaturated/α-hetero) is 1. The van der Waals surface area contributed by atoms with Crippen molar-refractivity contribution in [2.24, 2.45) is 0 Å². The van der Waals surface area contributed by atoms with Gasteiger partial charge in [-0.3, -0.25) is 19.3 Å². The number of hydrogen-bond acceptors (Lipinski definition) is 7. The summed E-state index contributed by atoms with van der Waals surface area (Å²) < 4.78 is 34.8. The van der Waals surface area contributed by atoms with Crippen molar-refractivity contribution in [3.8, 4) is 0 Å². The highest BCUT2D eigenvalue weighted by molar-refractivity contribution is 5.90. The third-order valence-electron chi connectivity index (χ3n) is 4.74. The van der Waals surface area contributed by atoms with E-state index in [2.05, 4.69) is 5.32 Å². The Morgan fingerprint density at radius 1 is 1.17 bits per heavy atom. The number of nitrogens with zero attached hydrogens (tertiary/aromatic N) is 3. The molecule has 0 saturated carbocycles. The van der Waals surface area contributed by atoms with Crippen molar-refractivity contribution in [1.82, 2.24) is 10.4 Å². The number of carbonyl (C=O) groups excluding carboxylic acids is 3. The van der Waals surface area contributed by atoms with Gasteiger partial charge in [-0.1, -0.05) is 0 Å². The molecule has 2 amide bonds. The predicted molar refractivity (Wildman–Crippen MR) is 103 cm³/mol. The summed E-state index contributed by atoms with van der Waals surface area (Å²) in [6, 6.07) is 2.17. The molecule has 11 heteroatoms. The molecule has 2 saturated heterocycles. The van der Waals surface area contributed by atoms with Gasteiger partial charge in [0.05, 0.1) is 31.9 Å². The largest absolute Gasteiger partial charge is 0.442 e. The summed E-state index contributed by atoms with van der Waals surface area (Å²) in [7, 11) is 0. The first-order chi connectivity index (χ1) is 14.2. The molecular formula is C19H24F2N4O5. The maximum Gasteiger partial charge on any atom is 0.414 e. The molecule has 0 unspecified atom stereocenters. The number of cyclic esters (lactones) is 1. The van der Waals surface area contributed by atoms with Crippen LogP contribution in [0.4, 0.5) is 25.0 Å². The fourth-order valence-electron chi connectivity index (χ4n) is 3.39. The van der Waals surface area contributed by atoms with Gasteiger partial charge in [0.25, 0.3) is 0 Å². The minimum Gasteiger partial charge on any atom is -0.442 e. The molecule has 1 aromatic rings. The summed E-state index contributed by atoms with van der Waals surface area (Å²) in [5.74, 6) is -1.97. The molecule has 1 N–H and O–H groups in total. The van der Waals surface area contributed by atoms with Gasteiger partial charge in [0.15, 0.2) is 11.6 Å². The zero-order chi connectivity index (χ0) is 21.8. The van der Waals surface area contributed by atoms with Crippen LogP contribution in [0.25, 0.3) is 0 Å². The molecular weight excluding hydrogens is 402 g/mol. The molecule has 0 aromatic heterocycles. The molecule has 0 aliphatic carbocycles. The van der Waals surface area contributed by atoms with Crippen molar-refractivity contribution in [3.63, 3.8) is 0 Å². The first-order valence-electron chi connectivity index (χ1n) is 9.58. The normalized spacial score (nSPS) is 20.1. The maximum atomic E-state index is 14.8. The molecule has 0 bridgehead atoms. The molecule has 2 fully saturated rings. The SMILES string of the molecule is CC(=O)CN1CCN(c2c(F)cc(N3C[C@H](CNC(C)=O)OC3=O)cc2F)CCO1. The highest BCUT2D eigenvalue weighted by Crippen LogP contribution is 2.31. The number of anilines is 2. The van der Waals surface area contributed by atoms with Crippen LogP contribution in [-0.4, -0.2) is 74.8 Å². The van der Waals surface area contributed by atoms with Gasteiger partial charge in [0, 0.05) is 38.7 Å². The lowest BCUT2D eigenvalue weighted by Crippen LogP contribution is -2.34. The van der Waals surface area contributed by atoms with E-state index >= 15 is 0 Å². The first-order valence-corrected chi connectivity index (χ1v) is 9.58. The molecule has 0 spiro atoms. The number of benzene rings is 1. The van der Waals surface area contributed by atoms with E-state index in [9.17, 15) is 23.2 Å². The van der Waals surface area contributed by atoms with Gasteiger partial charge >= 0.3 is 6.09 Å². The van der Waals surface area contributed by atoms with E-state index in [-0.39, 0.29) is 62.4 Å². The van der Waals surface area contributed by atoms with Crippen LogP contribution >= 0.6 is 0 Å². The topological polar surface area (TPSA) is 91.4 Å². The molecule has 9 nitrogen and oxygen atoms in total. The predicted octanol–water partition coefficient (Wildman–Crippen LogP) is 1.07. The molecule has 2 heterocycles. The number of hydroxylamine groups is 2. The number of ether oxygens (including phenoxy) is 1. The van der Waals surface area contributed by atoms with Gasteiger partial charge in [-0.25, -0.2) is 13.6 Å². The highest BCUT2D eigenvalue weighted by atomic mass is 19.1. The van der Waals surface area contributed by atoms with Crippen LogP contribution in [0.2, 0.25) is 0 Å². The van der Waals surface area contributed by atoms with E-state index in [0.717, 1.165) is 17.0 Å². The molecule has 1 atom stereocenters. The third-order valence-corrected chi connectivity index (χ3v) is 4.74. The summed E-state index contributed by atoms with van der Waals surface area (Å²) in [5.41, 5.74) is -0.178. The number of amides is 2. The van der Waals surface area contributed by atoms with E-state index in [1.54, 1.807) is 0 Å². The Morgan fingerprint density at radius 3 is 2.50 bits per heavy atom. The second-order valence-corrected chi connectivity index (χ2v) is 7.20. The van der Waals surface area contributed by atoms with Crippen LogP contribution in [0, 0.1) is 11.6 Å². The van der Waals surface area contributed by atoms with E-state index in [1.807, 2.05) is 0 Å². The number of halogens is 2. The summed E-state index contributed by atoms with van der Waals surface area (Å²) in [5, 5.41) is 4.02. The van der Waals surface area contributed by atoms with Crippen molar-refractivity contribution in [3.05, 3.63) is 23.8 Å². The van der Waals surface area contributed by atoms with Gasteiger partial charge in [0.1, 0.15) is 17.6 Å². The quantitative estimate of drug-likeness (QED) is 0.728. The average molecular weight is 426 g/mol. The number of rotatable bonds is 6. The Balaban J connectivity index is 1.72. The summed E-state index contributed by atoms with van der Waals surface area (Å²) in [6.07, 6.45) is -1.35. The van der Waals surface area contributed by atoms with Crippen molar-refractivity contribution < 1.29 is 32.7 Å². The van der Waals surface area contributed by atoms with Crippen LogP contribution in [0.1, 0.15) is 13.8 Å². The Bertz CT molecular complexity index is 814. The Morgan fingerprint density at radius 2 is 1.87 bits per heavy atom. The first kappa shape index (κ1) is 21.9. The second-order valence-electron chi connectivity index (χ2n) is 7.20. The lowest BCUT2D eigenvalue weighted by molar-refractivity contribution is -0.157. The molecule has 30 heavy (non-hydrogen) atoms. The van der Waals surface area contributed by atoms with Crippen molar-refractivity contribution >= 4 is 29.2 Å². The minimum absolute atomic E-state index is 0.0355. The van der Waals surface area contributed by atoms with Crippen LogP contribution < -0.4 is 15.1 Å². The van der Waals surface area contributed by atoms with Gasteiger partial charge in [-0.05, 0) is 6.92 Å². The van der Waals surface area contributed by atoms with Crippen LogP contribution in [-0.2, 0) is 19.2 Å². The van der Waals surface area contributed by atoms with E-state index in [4.69, 9.17) is 9.57 Å². The summed E-state index contributed by atoms with van der Waals surface area (Å²) in [6.45, 7) is 4.06. The number of ketones is 1. The monoisotopic (exact) mass is 426 g/mol. The van der Waals surface area contributed by atoms with Crippen molar-refractivity contribution in [2.75, 3.05) is 55.7 Å². The third kappa shape index (κ3) is 5.22. The lowest BCUT2D eigenvalue weighted by Gasteiger charge is -2.24. The second kappa shape index (κ2) is 9.35. The molecule has 3 rings (SSSR count). The van der Waals surface area contributed by atoms with E-state index < -0.39 is 23.8 Å². The molecule has 2 aliphatic rings. The van der Waals surface area contributed by atoms with Crippen LogP contribution in [0.15, 0.2) is 12.1 Å². The zero-order valence-corrected chi connectivity index (χ0v) is 16.8. The van der Waals surface area contributed by atoms with E-state index in [0.29, 0.717) is 6.54 Å². The summed E-state index contributed by atoms with van der Waals surface area (Å²) in [4.78, 5) is 42.4. The number of carbonyl (C=O) groups is 3. The highest BCUT2D eigenvalue weighted by Gasteiger charge is 2.34. The van der Waals surface area contributed by atoms with Crippen molar-refractivity contribution in [2.45, 2.75) is 20.0 Å². The van der Waals surface area contributed by atoms with Crippen LogP contribution in [0.5, 0.6) is 0 Å². The molecule has 2 aliphatic heterocycles. The standard InChI is InChI=1S/C19H24F2N4O5/c1-12(26)10-24-4-3-23(5-6-29-24)18-16(20)7-14(8-17(18)21)25-11-15(30-19(25)28)9-22-13(2)27/h7-8,15H,3-6,9-11H2,1-2H3,(H,22,27)/t15-/m0/s1. The van der Waals surface area contributed by atoms with Crippen molar-refractivity contribution in [1.29, 1.82) is 0 Å². The molecule has 0 radical (unpaired) electrons. The minimum atomic E-state index is -0.817. The summed E-state index contributed by atoms with van der Waals surface area (Å²) >= 11 is 0. The lowest BCUT2D eigenvalue weighted by atomic mass is 10.2. The fourth-order valence-corrected chi connectivity index (χ4v) is 3.39. The van der Waals surface area contributed by atoms with E-state index in [1.165, 1.54) is 23.8 Å². The number of hydrogen-bond donors (Lipinski definition) is 1. The number of nitrogens with one attached hydrogen (secondary N) is 1. The average Bonchev–Trinajstić information content (AvgIpc) is 2.88. The van der Waals surface area contributed by atoms with Gasteiger partial charge in [-0.2, -0.15) is 5.06 Å². The molecule has 164 valence electrons. The van der Waals surface area contributed by atoms with Gasteiger partial charge in [0.2, 0.25) is 5.91 Å². The van der Waals surface area contributed by atoms with Gasteiger partial charge in [-0.15, -0.1) is 0 Å². The zero-order valence-electron chi connectivity index (χ0n) is 16.8. The van der Waals surface area contributed by atoms with Gasteiger partial charge < -0.3 is 15.0 Å². The molecule has 1 aromatic carbocycles. The Kier molecular flexibility index (Phi) is 6.83. The maximum absolute atomic E-state index is 14.8. The Labute approximate surface area is 172 Å². The fraction of sp³-hybridized carbons (Fsp3) is 0.526.